The van der Waals surface area contributed by atoms with Gasteiger partial charge in [-0.3, -0.25) is 0 Å². The SMILES string of the molecule is C1CC1.C=C/C(C)=C(\CC/C=C\CC)C(C)=C(C)C.CC.CC.CCCC. The molecule has 0 aromatic rings. The van der Waals surface area contributed by atoms with E-state index in [9.17, 15) is 0 Å². The van der Waals surface area contributed by atoms with E-state index in [1.807, 2.05) is 33.8 Å². The molecule has 0 saturated heterocycles. The lowest BCUT2D eigenvalue weighted by atomic mass is 9.94. The van der Waals surface area contributed by atoms with Crippen molar-refractivity contribution in [3.05, 3.63) is 47.1 Å². The fourth-order valence-electron chi connectivity index (χ4n) is 1.62. The van der Waals surface area contributed by atoms with Crippen LogP contribution in [0.3, 0.4) is 0 Å². The fourth-order valence-corrected chi connectivity index (χ4v) is 1.62. The van der Waals surface area contributed by atoms with Gasteiger partial charge in [0.05, 0.1) is 0 Å². The molecule has 0 aliphatic heterocycles. The Morgan fingerprint density at radius 1 is 0.778 bits per heavy atom. The maximum Gasteiger partial charge on any atom is -0.0239 e. The highest BCUT2D eigenvalue weighted by atomic mass is 14.1. The zero-order valence-corrected chi connectivity index (χ0v) is 21.1. The van der Waals surface area contributed by atoms with Gasteiger partial charge >= 0.3 is 0 Å². The van der Waals surface area contributed by atoms with Crippen LogP contribution in [0.2, 0.25) is 0 Å². The summed E-state index contributed by atoms with van der Waals surface area (Å²) in [7, 11) is 0. The predicted molar refractivity (Wildman–Crippen MR) is 133 cm³/mol. The van der Waals surface area contributed by atoms with E-state index in [1.165, 1.54) is 54.4 Å². The third-order valence-corrected chi connectivity index (χ3v) is 3.80. The van der Waals surface area contributed by atoms with Crippen LogP contribution in [0.1, 0.15) is 128 Å². The molecular weight excluding hydrogens is 324 g/mol. The summed E-state index contributed by atoms with van der Waals surface area (Å²) in [4.78, 5) is 0. The van der Waals surface area contributed by atoms with Crippen molar-refractivity contribution in [2.45, 2.75) is 128 Å². The van der Waals surface area contributed by atoms with Gasteiger partial charge in [0.1, 0.15) is 0 Å². The molecule has 0 nitrogen and oxygen atoms in total. The number of hydrogen-bond acceptors (Lipinski definition) is 0. The summed E-state index contributed by atoms with van der Waals surface area (Å²) in [6.45, 7) is 27.1. The highest BCUT2D eigenvalue weighted by Gasteiger charge is 2.03. The van der Waals surface area contributed by atoms with Gasteiger partial charge < -0.3 is 0 Å². The molecule has 27 heavy (non-hydrogen) atoms. The van der Waals surface area contributed by atoms with Crippen LogP contribution in [0.15, 0.2) is 47.1 Å². The average Bonchev–Trinajstić information content (AvgIpc) is 3.59. The highest BCUT2D eigenvalue weighted by Crippen LogP contribution is 2.23. The summed E-state index contributed by atoms with van der Waals surface area (Å²) >= 11 is 0. The summed E-state index contributed by atoms with van der Waals surface area (Å²) < 4.78 is 0. The van der Waals surface area contributed by atoms with Crippen LogP contribution < -0.4 is 0 Å². The first-order chi connectivity index (χ1) is 13.0. The number of allylic oxidation sites excluding steroid dienone is 7. The zero-order valence-electron chi connectivity index (χ0n) is 21.1. The molecule has 0 amide bonds. The summed E-state index contributed by atoms with van der Waals surface area (Å²) in [6.07, 6.45) is 17.0. The monoisotopic (exact) mass is 378 g/mol. The summed E-state index contributed by atoms with van der Waals surface area (Å²) in [5.74, 6) is 0. The summed E-state index contributed by atoms with van der Waals surface area (Å²) in [6, 6.07) is 0. The minimum absolute atomic E-state index is 1.12. The first kappa shape index (κ1) is 33.5. The van der Waals surface area contributed by atoms with Crippen molar-refractivity contribution in [1.29, 1.82) is 0 Å². The minimum atomic E-state index is 1.12. The summed E-state index contributed by atoms with van der Waals surface area (Å²) in [5.41, 5.74) is 5.58. The zero-order chi connectivity index (χ0) is 22.1. The van der Waals surface area contributed by atoms with Crippen LogP contribution in [0.25, 0.3) is 0 Å². The molecule has 0 heterocycles. The average molecular weight is 379 g/mol. The van der Waals surface area contributed by atoms with Crippen LogP contribution in [0.5, 0.6) is 0 Å². The van der Waals surface area contributed by atoms with E-state index in [0.717, 1.165) is 19.3 Å². The normalized spacial score (nSPS) is 11.7. The van der Waals surface area contributed by atoms with Gasteiger partial charge in [-0.2, -0.15) is 0 Å². The molecule has 0 spiro atoms. The maximum absolute atomic E-state index is 3.87. The van der Waals surface area contributed by atoms with E-state index in [-0.39, 0.29) is 0 Å². The molecule has 0 N–H and O–H groups in total. The number of unbranched alkanes of at least 4 members (excludes halogenated alkanes) is 1. The molecule has 0 bridgehead atoms. The lowest BCUT2D eigenvalue weighted by Crippen LogP contribution is -1.92. The van der Waals surface area contributed by atoms with Crippen molar-refractivity contribution >= 4 is 0 Å². The first-order valence-electron chi connectivity index (χ1n) is 11.6. The van der Waals surface area contributed by atoms with Crippen LogP contribution in [0, 0.1) is 0 Å². The van der Waals surface area contributed by atoms with Crippen molar-refractivity contribution in [2.75, 3.05) is 0 Å². The second-order valence-corrected chi connectivity index (χ2v) is 6.47. The van der Waals surface area contributed by atoms with Gasteiger partial charge in [0, 0.05) is 0 Å². The molecule has 0 atom stereocenters. The van der Waals surface area contributed by atoms with Gasteiger partial charge in [0.15, 0.2) is 0 Å². The lowest BCUT2D eigenvalue weighted by Gasteiger charge is -2.12. The standard InChI is InChI=1S/C16H26.C4H10.C3H6.2C2H6/c1-7-9-10-11-12-16(14(5)8-2)15(6)13(3)4;1-3-4-2;1-2-3-1;2*1-2/h8-10H,2,7,11-12H2,1,3-6H3;3-4H2,1-2H3;1-3H2;2*1-2H3/b10-9-,16-14+;;;;. The summed E-state index contributed by atoms with van der Waals surface area (Å²) in [5, 5.41) is 0. The van der Waals surface area contributed by atoms with Crippen LogP contribution in [-0.2, 0) is 0 Å². The van der Waals surface area contributed by atoms with E-state index in [1.54, 1.807) is 0 Å². The molecule has 162 valence electrons. The van der Waals surface area contributed by atoms with Crippen molar-refractivity contribution in [1.82, 2.24) is 0 Å². The van der Waals surface area contributed by atoms with Gasteiger partial charge in [-0.05, 0) is 63.7 Å². The van der Waals surface area contributed by atoms with Crippen molar-refractivity contribution in [3.63, 3.8) is 0 Å². The van der Waals surface area contributed by atoms with Crippen molar-refractivity contribution < 1.29 is 0 Å². The van der Waals surface area contributed by atoms with Crippen LogP contribution in [0.4, 0.5) is 0 Å². The number of hydrogen-bond donors (Lipinski definition) is 0. The van der Waals surface area contributed by atoms with Gasteiger partial charge in [0.25, 0.3) is 0 Å². The van der Waals surface area contributed by atoms with E-state index >= 15 is 0 Å². The van der Waals surface area contributed by atoms with Gasteiger partial charge in [-0.15, -0.1) is 0 Å². The quantitative estimate of drug-likeness (QED) is 0.305. The van der Waals surface area contributed by atoms with E-state index in [0.29, 0.717) is 0 Å². The number of rotatable bonds is 7. The van der Waals surface area contributed by atoms with E-state index in [2.05, 4.69) is 67.2 Å². The highest BCUT2D eigenvalue weighted by molar-refractivity contribution is 5.39. The Bertz CT molecular complexity index is 366. The van der Waals surface area contributed by atoms with Gasteiger partial charge in [0.2, 0.25) is 0 Å². The molecule has 0 heteroatoms. The second-order valence-electron chi connectivity index (χ2n) is 6.47. The Morgan fingerprint density at radius 3 is 1.48 bits per heavy atom. The molecule has 1 rings (SSSR count). The van der Waals surface area contributed by atoms with Crippen LogP contribution >= 0.6 is 0 Å². The largest absolute Gasteiger partial charge is 0.0988 e. The minimum Gasteiger partial charge on any atom is -0.0988 e. The molecule has 1 aliphatic carbocycles. The molecule has 0 radical (unpaired) electrons. The third kappa shape index (κ3) is 30.0. The molecule has 1 aliphatic rings. The molecule has 0 aromatic carbocycles. The van der Waals surface area contributed by atoms with E-state index < -0.39 is 0 Å². The molecular formula is C27H54. The molecule has 0 unspecified atom stereocenters. The van der Waals surface area contributed by atoms with Gasteiger partial charge in [-0.25, -0.2) is 0 Å². The van der Waals surface area contributed by atoms with E-state index in [4.69, 9.17) is 0 Å². The topological polar surface area (TPSA) is 0 Å². The maximum atomic E-state index is 3.87. The fraction of sp³-hybridized carbons (Fsp3) is 0.704. The lowest BCUT2D eigenvalue weighted by molar-refractivity contribution is 0.886. The first-order valence-corrected chi connectivity index (χ1v) is 11.6. The molecule has 1 saturated carbocycles. The van der Waals surface area contributed by atoms with Crippen molar-refractivity contribution in [3.8, 4) is 0 Å². The Kier molecular flexibility index (Phi) is 36.9. The third-order valence-electron chi connectivity index (χ3n) is 3.80. The Labute approximate surface area is 174 Å². The Morgan fingerprint density at radius 2 is 1.22 bits per heavy atom. The molecule has 0 aromatic heterocycles. The van der Waals surface area contributed by atoms with Crippen LogP contribution in [-0.4, -0.2) is 0 Å². The van der Waals surface area contributed by atoms with Crippen molar-refractivity contribution in [2.24, 2.45) is 0 Å². The molecule has 1 fully saturated rings. The second kappa shape index (κ2) is 29.7. The Hall–Kier alpha value is -1.04. The smallest absolute Gasteiger partial charge is 0.0239 e. The predicted octanol–water partition coefficient (Wildman–Crippen LogP) is 10.6. The Balaban J connectivity index is -0.000000195. The van der Waals surface area contributed by atoms with Gasteiger partial charge in [-0.1, -0.05) is 111 Å².